The molecule has 1 aliphatic heterocycles. The summed E-state index contributed by atoms with van der Waals surface area (Å²) >= 11 is 0. The zero-order chi connectivity index (χ0) is 17.8. The summed E-state index contributed by atoms with van der Waals surface area (Å²) in [5, 5.41) is 10.8. The molecule has 25 heavy (non-hydrogen) atoms. The van der Waals surface area contributed by atoms with E-state index in [0.717, 1.165) is 11.1 Å². The van der Waals surface area contributed by atoms with Gasteiger partial charge in [0.1, 0.15) is 0 Å². The number of aryl methyl sites for hydroxylation is 1. The summed E-state index contributed by atoms with van der Waals surface area (Å²) in [5.41, 5.74) is 2.80. The summed E-state index contributed by atoms with van der Waals surface area (Å²) in [6, 6.07) is 13.8. The second kappa shape index (κ2) is 6.92. The fourth-order valence-electron chi connectivity index (χ4n) is 2.23. The van der Waals surface area contributed by atoms with Crippen LogP contribution in [0.5, 0.6) is 0 Å². The van der Waals surface area contributed by atoms with Crippen molar-refractivity contribution >= 4 is 29.7 Å². The molecule has 0 amide bonds. The van der Waals surface area contributed by atoms with Gasteiger partial charge in [0.05, 0.1) is 4.92 Å². The molecule has 0 fully saturated rings. The van der Waals surface area contributed by atoms with E-state index in [1.165, 1.54) is 18.2 Å². The summed E-state index contributed by atoms with van der Waals surface area (Å²) in [6.45, 7) is 1.98. The second-order valence-corrected chi connectivity index (χ2v) is 5.47. The van der Waals surface area contributed by atoms with Crippen molar-refractivity contribution in [3.05, 3.63) is 87.1 Å². The molecule has 0 N–H and O–H groups in total. The van der Waals surface area contributed by atoms with E-state index in [4.69, 9.17) is 4.74 Å². The van der Waals surface area contributed by atoms with Crippen LogP contribution in [-0.4, -0.2) is 16.8 Å². The van der Waals surface area contributed by atoms with Crippen molar-refractivity contribution in [1.29, 1.82) is 0 Å². The Morgan fingerprint density at radius 3 is 2.56 bits per heavy atom. The maximum atomic E-state index is 11.9. The number of nitro groups is 1. The van der Waals surface area contributed by atoms with E-state index in [-0.39, 0.29) is 17.3 Å². The summed E-state index contributed by atoms with van der Waals surface area (Å²) in [7, 11) is 0. The molecule has 0 spiro atoms. The number of ether oxygens (including phenoxy) is 1. The average molecular weight is 334 g/mol. The first-order chi connectivity index (χ1) is 12.0. The van der Waals surface area contributed by atoms with Gasteiger partial charge in [-0.25, -0.2) is 9.79 Å². The first-order valence-corrected chi connectivity index (χ1v) is 7.53. The molecular weight excluding hydrogens is 320 g/mol. The molecule has 3 rings (SSSR count). The van der Waals surface area contributed by atoms with E-state index >= 15 is 0 Å². The van der Waals surface area contributed by atoms with Crippen molar-refractivity contribution in [3.8, 4) is 0 Å². The molecule has 124 valence electrons. The van der Waals surface area contributed by atoms with E-state index in [1.54, 1.807) is 24.3 Å². The van der Waals surface area contributed by atoms with Crippen LogP contribution in [0.4, 0.5) is 5.69 Å². The summed E-state index contributed by atoms with van der Waals surface area (Å²) in [4.78, 5) is 26.3. The van der Waals surface area contributed by atoms with Gasteiger partial charge in [-0.1, -0.05) is 42.0 Å². The van der Waals surface area contributed by atoms with Gasteiger partial charge >= 0.3 is 5.97 Å². The van der Waals surface area contributed by atoms with Gasteiger partial charge in [-0.3, -0.25) is 10.1 Å². The highest BCUT2D eigenvalue weighted by Crippen LogP contribution is 2.18. The van der Waals surface area contributed by atoms with E-state index < -0.39 is 10.9 Å². The lowest BCUT2D eigenvalue weighted by Gasteiger charge is -1.95. The van der Waals surface area contributed by atoms with Crippen molar-refractivity contribution in [2.45, 2.75) is 6.92 Å². The number of hydrogen-bond acceptors (Lipinski definition) is 5. The highest BCUT2D eigenvalue weighted by atomic mass is 16.6. The van der Waals surface area contributed by atoms with Crippen molar-refractivity contribution < 1.29 is 14.5 Å². The molecule has 0 saturated carbocycles. The van der Waals surface area contributed by atoms with Gasteiger partial charge < -0.3 is 4.74 Å². The largest absolute Gasteiger partial charge is 0.403 e. The zero-order valence-corrected chi connectivity index (χ0v) is 13.4. The molecule has 2 aromatic rings. The predicted molar refractivity (Wildman–Crippen MR) is 94.8 cm³/mol. The molecule has 1 heterocycles. The Bertz CT molecular complexity index is 925. The van der Waals surface area contributed by atoms with Gasteiger partial charge in [0.25, 0.3) is 5.69 Å². The third-order valence-electron chi connectivity index (χ3n) is 3.52. The van der Waals surface area contributed by atoms with E-state index in [0.29, 0.717) is 5.56 Å². The van der Waals surface area contributed by atoms with Crippen molar-refractivity contribution in [2.24, 2.45) is 4.99 Å². The highest BCUT2D eigenvalue weighted by Gasteiger charge is 2.21. The smallest absolute Gasteiger partial charge is 0.363 e. The number of benzene rings is 2. The van der Waals surface area contributed by atoms with Gasteiger partial charge in [0.2, 0.25) is 5.90 Å². The molecule has 0 aromatic heterocycles. The Morgan fingerprint density at radius 2 is 1.84 bits per heavy atom. The maximum Gasteiger partial charge on any atom is 0.363 e. The molecule has 2 aromatic carbocycles. The minimum absolute atomic E-state index is 0.00698. The lowest BCUT2D eigenvalue weighted by molar-refractivity contribution is -0.384. The summed E-state index contributed by atoms with van der Waals surface area (Å²) < 4.78 is 5.09. The number of cyclic esters (lactones) is 1. The van der Waals surface area contributed by atoms with Gasteiger partial charge in [-0.15, -0.1) is 0 Å². The monoisotopic (exact) mass is 334 g/mol. The molecule has 0 saturated heterocycles. The fourth-order valence-corrected chi connectivity index (χ4v) is 2.23. The van der Waals surface area contributed by atoms with E-state index in [9.17, 15) is 14.9 Å². The van der Waals surface area contributed by atoms with Gasteiger partial charge in [-0.2, -0.15) is 0 Å². The molecule has 0 bridgehead atoms. The molecule has 0 unspecified atom stereocenters. The average Bonchev–Trinajstić information content (AvgIpc) is 2.95. The Balaban J connectivity index is 1.79. The number of carbonyl (C=O) groups is 1. The molecule has 0 aliphatic carbocycles. The van der Waals surface area contributed by atoms with Crippen LogP contribution in [0.3, 0.4) is 0 Å². The standard InChI is InChI=1S/C19H14N2O4/c1-13-5-7-15(8-6-13)12-17-19(22)25-18(20-17)10-9-14-3-2-4-16(11-14)21(23)24/h2-12H,1H3/b10-9-,17-12+. The lowest BCUT2D eigenvalue weighted by atomic mass is 10.1. The molecule has 6 nitrogen and oxygen atoms in total. The number of esters is 1. The van der Waals surface area contributed by atoms with Crippen molar-refractivity contribution in [1.82, 2.24) is 0 Å². The molecule has 0 atom stereocenters. The number of nitro benzene ring substituents is 1. The SMILES string of the molecule is Cc1ccc(/C=C2N=C(/C=C\c3cccc([N+](=O)[O-])c3)OC/2=O)cc1. The molecule has 6 heteroatoms. The van der Waals surface area contributed by atoms with Crippen LogP contribution < -0.4 is 0 Å². The minimum atomic E-state index is -0.528. The van der Waals surface area contributed by atoms with Crippen LogP contribution in [0, 0.1) is 17.0 Å². The van der Waals surface area contributed by atoms with Crippen LogP contribution in [-0.2, 0) is 9.53 Å². The summed E-state index contributed by atoms with van der Waals surface area (Å²) in [5.74, 6) is -0.380. The molecular formula is C19H14N2O4. The highest BCUT2D eigenvalue weighted by molar-refractivity contribution is 6.11. The first kappa shape index (κ1) is 16.3. The number of aliphatic imine (C=N–C) groups is 1. The van der Waals surface area contributed by atoms with E-state index in [1.807, 2.05) is 31.2 Å². The van der Waals surface area contributed by atoms with Gasteiger partial charge in [-0.05, 0) is 30.2 Å². The maximum absolute atomic E-state index is 11.9. The Hall–Kier alpha value is -3.54. The summed E-state index contributed by atoms with van der Waals surface area (Å²) in [6.07, 6.45) is 4.76. The molecule has 0 radical (unpaired) electrons. The third kappa shape index (κ3) is 4.06. The number of nitrogens with zero attached hydrogens (tertiary/aromatic N) is 2. The van der Waals surface area contributed by atoms with Crippen LogP contribution in [0.25, 0.3) is 12.2 Å². The van der Waals surface area contributed by atoms with Gasteiger partial charge in [0, 0.05) is 18.2 Å². The Labute approximate surface area is 143 Å². The topological polar surface area (TPSA) is 81.8 Å². The zero-order valence-electron chi connectivity index (χ0n) is 13.4. The van der Waals surface area contributed by atoms with E-state index in [2.05, 4.69) is 4.99 Å². The second-order valence-electron chi connectivity index (χ2n) is 5.47. The molecule has 1 aliphatic rings. The lowest BCUT2D eigenvalue weighted by Crippen LogP contribution is -2.01. The van der Waals surface area contributed by atoms with Crippen LogP contribution in [0.1, 0.15) is 16.7 Å². The van der Waals surface area contributed by atoms with Gasteiger partial charge in [0.15, 0.2) is 5.70 Å². The normalized spacial score (nSPS) is 15.5. The quantitative estimate of drug-likeness (QED) is 0.367. The third-order valence-corrected chi connectivity index (χ3v) is 3.52. The predicted octanol–water partition coefficient (Wildman–Crippen LogP) is 3.91. The van der Waals surface area contributed by atoms with Crippen LogP contribution >= 0.6 is 0 Å². The van der Waals surface area contributed by atoms with Crippen LogP contribution in [0.2, 0.25) is 0 Å². The number of hydrogen-bond donors (Lipinski definition) is 0. The first-order valence-electron chi connectivity index (χ1n) is 7.53. The Kier molecular flexibility index (Phi) is 4.52. The minimum Gasteiger partial charge on any atom is -0.403 e. The van der Waals surface area contributed by atoms with Crippen LogP contribution in [0.15, 0.2) is 65.3 Å². The Morgan fingerprint density at radius 1 is 1.08 bits per heavy atom. The van der Waals surface area contributed by atoms with Crippen molar-refractivity contribution in [2.75, 3.05) is 0 Å². The van der Waals surface area contributed by atoms with Crippen molar-refractivity contribution in [3.63, 3.8) is 0 Å². The number of rotatable bonds is 4. The fraction of sp³-hybridized carbons (Fsp3) is 0.0526. The number of carbonyl (C=O) groups excluding carboxylic acids is 1. The number of non-ortho nitro benzene ring substituents is 1.